The number of benzene rings is 2. The van der Waals surface area contributed by atoms with E-state index in [1.807, 2.05) is 36.3 Å². The van der Waals surface area contributed by atoms with Crippen LogP contribution in [-0.4, -0.2) is 33.4 Å². The minimum atomic E-state index is -1.08. The van der Waals surface area contributed by atoms with Gasteiger partial charge in [0.05, 0.1) is 12.3 Å². The lowest BCUT2D eigenvalue weighted by molar-refractivity contribution is 0.0916. The van der Waals surface area contributed by atoms with Gasteiger partial charge in [-0.15, -0.1) is 0 Å². The minimum Gasteiger partial charge on any atom is -0.450 e. The third kappa shape index (κ3) is 5.27. The predicted molar refractivity (Wildman–Crippen MR) is 120 cm³/mol. The zero-order valence-electron chi connectivity index (χ0n) is 17.4. The molecule has 0 saturated heterocycles. The van der Waals surface area contributed by atoms with Crippen LogP contribution in [0.3, 0.4) is 0 Å². The van der Waals surface area contributed by atoms with Gasteiger partial charge in [0.1, 0.15) is 0 Å². The van der Waals surface area contributed by atoms with E-state index in [4.69, 9.17) is 11.6 Å². The number of rotatable bonds is 5. The molecule has 11 heteroatoms. The Hall–Kier alpha value is -3.37. The maximum atomic E-state index is 12.4. The smallest absolute Gasteiger partial charge is 0.414 e. The molecule has 2 aromatic carbocycles. The molecular weight excluding hydrogens is 456 g/mol. The maximum Gasteiger partial charge on any atom is 0.414 e. The predicted octanol–water partition coefficient (Wildman–Crippen LogP) is 3.23. The molecule has 0 aliphatic heterocycles. The number of H-pyrrole nitrogens is 1. The lowest BCUT2D eigenvalue weighted by Crippen LogP contribution is -2.41. The summed E-state index contributed by atoms with van der Waals surface area (Å²) in [5.41, 5.74) is -0.412. The van der Waals surface area contributed by atoms with Crippen molar-refractivity contribution in [3.8, 4) is 5.69 Å². The van der Waals surface area contributed by atoms with Crippen LogP contribution in [-0.2, 0) is 4.74 Å². The van der Waals surface area contributed by atoms with Gasteiger partial charge in [0.25, 0.3) is 11.5 Å². The molecule has 1 heterocycles. The Morgan fingerprint density at radius 1 is 1.16 bits per heavy atom. The Morgan fingerprint density at radius 2 is 1.78 bits per heavy atom. The van der Waals surface area contributed by atoms with Gasteiger partial charge in [-0.05, 0) is 68.3 Å². The van der Waals surface area contributed by atoms with Gasteiger partial charge in [-0.2, -0.15) is 9.78 Å². The van der Waals surface area contributed by atoms with E-state index in [1.54, 1.807) is 31.2 Å². The van der Waals surface area contributed by atoms with Crippen LogP contribution < -0.4 is 16.6 Å². The normalized spacial score (nSPS) is 10.6. The van der Waals surface area contributed by atoms with E-state index >= 15 is 0 Å². The second kappa shape index (κ2) is 9.84. The van der Waals surface area contributed by atoms with Crippen LogP contribution in [0.5, 0.6) is 0 Å². The summed E-state index contributed by atoms with van der Waals surface area (Å²) in [6.45, 7) is 5.36. The van der Waals surface area contributed by atoms with Crippen molar-refractivity contribution in [3.63, 3.8) is 0 Å². The third-order valence-electron chi connectivity index (χ3n) is 4.26. The Balaban J connectivity index is 1.98. The number of alkyl carbamates (subject to hydrolysis) is 1. The molecule has 2 amide bonds. The fourth-order valence-corrected chi connectivity index (χ4v) is 3.95. The average Bonchev–Trinajstić information content (AvgIpc) is 2.72. The number of aromatic amines is 1. The van der Waals surface area contributed by atoms with Crippen molar-refractivity contribution >= 4 is 35.4 Å². The van der Waals surface area contributed by atoms with Crippen molar-refractivity contribution in [2.45, 2.75) is 30.6 Å². The Labute approximate surface area is 191 Å². The topological polar surface area (TPSA) is 123 Å². The molecule has 0 aliphatic carbocycles. The SMILES string of the molecule is CCOC(=O)NC(=O)c1nn(-c2cc(C)c(Sc3ccc(Cl)cc3)c(C)c2)c(=O)[nH]c1=O. The van der Waals surface area contributed by atoms with Crippen LogP contribution in [0.15, 0.2) is 55.8 Å². The molecule has 0 radical (unpaired) electrons. The number of carbonyl (C=O) groups excluding carboxylic acids is 2. The van der Waals surface area contributed by atoms with Crippen molar-refractivity contribution in [3.05, 3.63) is 79.1 Å². The maximum absolute atomic E-state index is 12.4. The number of hydrogen-bond donors (Lipinski definition) is 2. The van der Waals surface area contributed by atoms with Crippen LogP contribution in [0.2, 0.25) is 5.02 Å². The molecule has 0 saturated carbocycles. The standard InChI is InChI=1S/C21H19ClN4O5S/c1-4-31-21(30)24-19(28)16-18(27)23-20(29)26(25-16)14-9-11(2)17(12(3)10-14)32-15-7-5-13(22)6-8-15/h5-10H,4H2,1-3H3,(H,23,27,29)(H,24,28,30). The number of aryl methyl sites for hydroxylation is 2. The van der Waals surface area contributed by atoms with Gasteiger partial charge < -0.3 is 4.74 Å². The number of aromatic nitrogens is 3. The molecule has 0 fully saturated rings. The summed E-state index contributed by atoms with van der Waals surface area (Å²) in [6.07, 6.45) is -1.02. The Bertz CT molecular complexity index is 1280. The van der Waals surface area contributed by atoms with Crippen molar-refractivity contribution in [2.75, 3.05) is 6.61 Å². The number of nitrogens with zero attached hydrogens (tertiary/aromatic N) is 2. The average molecular weight is 475 g/mol. The van der Waals surface area contributed by atoms with E-state index in [0.717, 1.165) is 25.6 Å². The van der Waals surface area contributed by atoms with Crippen LogP contribution >= 0.6 is 23.4 Å². The van der Waals surface area contributed by atoms with E-state index in [9.17, 15) is 19.2 Å². The van der Waals surface area contributed by atoms with Crippen LogP contribution in [0, 0.1) is 13.8 Å². The highest BCUT2D eigenvalue weighted by molar-refractivity contribution is 7.99. The van der Waals surface area contributed by atoms with Crippen molar-refractivity contribution in [1.82, 2.24) is 20.1 Å². The first-order valence-electron chi connectivity index (χ1n) is 9.46. The number of ether oxygens (including phenoxy) is 1. The molecule has 166 valence electrons. The van der Waals surface area contributed by atoms with Gasteiger partial charge in [-0.25, -0.2) is 9.59 Å². The molecule has 0 bridgehead atoms. The van der Waals surface area contributed by atoms with Gasteiger partial charge in [0, 0.05) is 14.8 Å². The molecule has 1 aromatic heterocycles. The largest absolute Gasteiger partial charge is 0.450 e. The quantitative estimate of drug-likeness (QED) is 0.581. The first kappa shape index (κ1) is 23.3. The van der Waals surface area contributed by atoms with Crippen LogP contribution in [0.1, 0.15) is 28.5 Å². The lowest BCUT2D eigenvalue weighted by Gasteiger charge is -2.13. The van der Waals surface area contributed by atoms with Crippen LogP contribution in [0.25, 0.3) is 5.69 Å². The van der Waals surface area contributed by atoms with Crippen molar-refractivity contribution < 1.29 is 14.3 Å². The molecule has 0 atom stereocenters. The zero-order chi connectivity index (χ0) is 23.4. The summed E-state index contributed by atoms with van der Waals surface area (Å²) in [6, 6.07) is 10.8. The fraction of sp³-hybridized carbons (Fsp3) is 0.190. The molecule has 2 N–H and O–H groups in total. The van der Waals surface area contributed by atoms with Gasteiger partial charge in [0.15, 0.2) is 0 Å². The van der Waals surface area contributed by atoms with E-state index in [2.05, 4.69) is 9.84 Å². The number of carbonyl (C=O) groups is 2. The second-order valence-corrected chi connectivity index (χ2v) is 8.18. The highest BCUT2D eigenvalue weighted by atomic mass is 35.5. The van der Waals surface area contributed by atoms with Crippen LogP contribution in [0.4, 0.5) is 4.79 Å². The highest BCUT2D eigenvalue weighted by Crippen LogP contribution is 2.34. The second-order valence-electron chi connectivity index (χ2n) is 6.66. The summed E-state index contributed by atoms with van der Waals surface area (Å²) < 4.78 is 5.52. The molecule has 32 heavy (non-hydrogen) atoms. The summed E-state index contributed by atoms with van der Waals surface area (Å²) in [5, 5.41) is 6.41. The molecule has 0 unspecified atom stereocenters. The first-order chi connectivity index (χ1) is 15.2. The number of hydrogen-bond acceptors (Lipinski definition) is 7. The molecule has 3 rings (SSSR count). The van der Waals surface area contributed by atoms with E-state index in [-0.39, 0.29) is 6.61 Å². The first-order valence-corrected chi connectivity index (χ1v) is 10.7. The lowest BCUT2D eigenvalue weighted by atomic mass is 10.1. The fourth-order valence-electron chi connectivity index (χ4n) is 2.87. The Morgan fingerprint density at radius 3 is 2.38 bits per heavy atom. The molecular formula is C21H19ClN4O5S. The number of halogens is 1. The van der Waals surface area contributed by atoms with Crippen molar-refractivity contribution in [1.29, 1.82) is 0 Å². The zero-order valence-corrected chi connectivity index (χ0v) is 19.0. The van der Waals surface area contributed by atoms with E-state index < -0.39 is 28.9 Å². The summed E-state index contributed by atoms with van der Waals surface area (Å²) in [7, 11) is 0. The summed E-state index contributed by atoms with van der Waals surface area (Å²) >= 11 is 7.48. The van der Waals surface area contributed by atoms with Gasteiger partial charge in [-0.3, -0.25) is 19.9 Å². The summed E-state index contributed by atoms with van der Waals surface area (Å²) in [4.78, 5) is 52.2. The molecule has 9 nitrogen and oxygen atoms in total. The van der Waals surface area contributed by atoms with Gasteiger partial charge in [0.2, 0.25) is 5.69 Å². The monoisotopic (exact) mass is 474 g/mol. The van der Waals surface area contributed by atoms with Crippen molar-refractivity contribution in [2.24, 2.45) is 0 Å². The van der Waals surface area contributed by atoms with E-state index in [0.29, 0.717) is 10.7 Å². The molecule has 0 aliphatic rings. The third-order valence-corrected chi connectivity index (χ3v) is 5.87. The summed E-state index contributed by atoms with van der Waals surface area (Å²) in [5.74, 6) is -1.08. The van der Waals surface area contributed by atoms with Gasteiger partial charge in [-0.1, -0.05) is 23.4 Å². The Kier molecular flexibility index (Phi) is 7.16. The number of imide groups is 1. The number of amides is 2. The molecule has 0 spiro atoms. The number of nitrogens with one attached hydrogen (secondary N) is 2. The van der Waals surface area contributed by atoms with Gasteiger partial charge >= 0.3 is 11.8 Å². The molecule has 3 aromatic rings. The minimum absolute atomic E-state index is 0.0430. The highest BCUT2D eigenvalue weighted by Gasteiger charge is 2.19. The van der Waals surface area contributed by atoms with E-state index in [1.165, 1.54) is 11.8 Å².